The molecule has 0 aliphatic carbocycles. The quantitative estimate of drug-likeness (QED) is 0.539. The topological polar surface area (TPSA) is 58.2 Å². The summed E-state index contributed by atoms with van der Waals surface area (Å²) in [4.78, 5) is 21.8. The van der Waals surface area contributed by atoms with Gasteiger partial charge >= 0.3 is 0 Å². The van der Waals surface area contributed by atoms with Crippen LogP contribution in [-0.4, -0.2) is 40.7 Å². The lowest BCUT2D eigenvalue weighted by atomic mass is 10.2. The van der Waals surface area contributed by atoms with E-state index in [9.17, 15) is 4.79 Å². The Hall–Kier alpha value is -2.25. The molecule has 0 saturated carbocycles. The normalized spacial score (nSPS) is 10.6. The molecular formula is C20H20BrN3O2S. The molecule has 3 rings (SSSR count). The molecule has 0 bridgehead atoms. The third-order valence-corrected chi connectivity index (χ3v) is 5.47. The summed E-state index contributed by atoms with van der Waals surface area (Å²) >= 11 is 4.83. The van der Waals surface area contributed by atoms with Crippen LogP contribution in [0.1, 0.15) is 5.56 Å². The third-order valence-electron chi connectivity index (χ3n) is 4.07. The molecule has 0 fully saturated rings. The van der Waals surface area contributed by atoms with Gasteiger partial charge in [-0.3, -0.25) is 4.79 Å². The predicted octanol–water partition coefficient (Wildman–Crippen LogP) is 4.60. The Morgan fingerprint density at radius 2 is 1.96 bits per heavy atom. The number of benzene rings is 2. The van der Waals surface area contributed by atoms with Gasteiger partial charge in [-0.15, -0.1) is 0 Å². The second kappa shape index (κ2) is 9.10. The fourth-order valence-electron chi connectivity index (χ4n) is 2.57. The molecule has 1 aromatic heterocycles. The van der Waals surface area contributed by atoms with Crippen molar-refractivity contribution in [3.63, 3.8) is 0 Å². The van der Waals surface area contributed by atoms with E-state index in [0.717, 1.165) is 32.2 Å². The number of ether oxygens (including phenoxy) is 1. The van der Waals surface area contributed by atoms with Gasteiger partial charge < -0.3 is 14.6 Å². The first-order chi connectivity index (χ1) is 13.1. The number of aromatic nitrogens is 2. The highest BCUT2D eigenvalue weighted by atomic mass is 79.9. The second-order valence-electron chi connectivity index (χ2n) is 5.96. The van der Waals surface area contributed by atoms with Crippen molar-refractivity contribution in [3.05, 3.63) is 64.8 Å². The maximum atomic E-state index is 12.5. The Bertz CT molecular complexity index is 912. The van der Waals surface area contributed by atoms with Crippen LogP contribution in [0.5, 0.6) is 5.75 Å². The second-order valence-corrected chi connectivity index (χ2v) is 7.84. The number of aromatic amines is 1. The zero-order valence-electron chi connectivity index (χ0n) is 15.1. The van der Waals surface area contributed by atoms with Crippen LogP contribution in [0.3, 0.4) is 0 Å². The first kappa shape index (κ1) is 19.5. The van der Waals surface area contributed by atoms with E-state index in [0.29, 0.717) is 12.3 Å². The van der Waals surface area contributed by atoms with Gasteiger partial charge in [0.1, 0.15) is 5.75 Å². The Labute approximate surface area is 171 Å². The van der Waals surface area contributed by atoms with Gasteiger partial charge in [-0.25, -0.2) is 4.98 Å². The van der Waals surface area contributed by atoms with Gasteiger partial charge in [-0.05, 0) is 23.8 Å². The minimum absolute atomic E-state index is 0.0347. The lowest BCUT2D eigenvalue weighted by molar-refractivity contribution is -0.127. The van der Waals surface area contributed by atoms with Crippen LogP contribution in [0, 0.1) is 0 Å². The van der Waals surface area contributed by atoms with Crippen molar-refractivity contribution in [1.29, 1.82) is 0 Å². The van der Waals surface area contributed by atoms with Crippen LogP contribution in [0.4, 0.5) is 0 Å². The number of hydrogen-bond acceptors (Lipinski definition) is 4. The zero-order valence-corrected chi connectivity index (χ0v) is 17.5. The molecule has 2 aromatic carbocycles. The molecule has 0 aliphatic heterocycles. The number of carbonyl (C=O) groups is 1. The maximum Gasteiger partial charge on any atom is 0.233 e. The van der Waals surface area contributed by atoms with Crippen molar-refractivity contribution in [2.75, 3.05) is 19.9 Å². The first-order valence-corrected chi connectivity index (χ1v) is 10.1. The summed E-state index contributed by atoms with van der Waals surface area (Å²) in [6, 6.07) is 15.7. The van der Waals surface area contributed by atoms with Crippen LogP contribution in [-0.2, 0) is 11.3 Å². The number of para-hydroxylation sites is 1. The van der Waals surface area contributed by atoms with Crippen LogP contribution >= 0.6 is 27.7 Å². The minimum atomic E-state index is 0.0347. The largest absolute Gasteiger partial charge is 0.496 e. The van der Waals surface area contributed by atoms with Gasteiger partial charge in [0, 0.05) is 23.6 Å². The molecule has 1 heterocycles. The smallest absolute Gasteiger partial charge is 0.233 e. The van der Waals surface area contributed by atoms with E-state index < -0.39 is 0 Å². The Balaban J connectivity index is 1.56. The molecular weight excluding hydrogens is 426 g/mol. The fourth-order valence-corrected chi connectivity index (χ4v) is 3.62. The molecule has 5 nitrogen and oxygen atoms in total. The number of methoxy groups -OCH3 is 1. The number of rotatable bonds is 7. The lowest BCUT2D eigenvalue weighted by Crippen LogP contribution is -2.28. The lowest BCUT2D eigenvalue weighted by Gasteiger charge is -2.18. The summed E-state index contributed by atoms with van der Waals surface area (Å²) in [5.74, 6) is 1.14. The standard InChI is InChI=1S/C20H20BrN3O2S/c1-24(12-15-5-3-4-6-18(15)26-2)19(25)13-27-20-22-11-17(23-20)14-7-9-16(21)10-8-14/h3-11H,12-13H2,1-2H3,(H,22,23). The van der Waals surface area contributed by atoms with E-state index in [-0.39, 0.29) is 5.91 Å². The number of hydrogen-bond donors (Lipinski definition) is 1. The third kappa shape index (κ3) is 5.14. The number of nitrogens with one attached hydrogen (secondary N) is 1. The SMILES string of the molecule is COc1ccccc1CN(C)C(=O)CSc1ncc(-c2ccc(Br)cc2)[nH]1. The minimum Gasteiger partial charge on any atom is -0.496 e. The van der Waals surface area contributed by atoms with Crippen LogP contribution in [0.25, 0.3) is 11.3 Å². The molecule has 3 aromatic rings. The van der Waals surface area contributed by atoms with Crippen molar-refractivity contribution < 1.29 is 9.53 Å². The summed E-state index contributed by atoms with van der Waals surface area (Å²) in [6.45, 7) is 0.506. The highest BCUT2D eigenvalue weighted by molar-refractivity contribution is 9.10. The van der Waals surface area contributed by atoms with Crippen molar-refractivity contribution in [2.45, 2.75) is 11.7 Å². The van der Waals surface area contributed by atoms with Crippen molar-refractivity contribution in [1.82, 2.24) is 14.9 Å². The highest BCUT2D eigenvalue weighted by Crippen LogP contribution is 2.24. The van der Waals surface area contributed by atoms with E-state index >= 15 is 0 Å². The fraction of sp³-hybridized carbons (Fsp3) is 0.200. The molecule has 0 unspecified atom stereocenters. The van der Waals surface area contributed by atoms with E-state index in [1.165, 1.54) is 11.8 Å². The predicted molar refractivity (Wildman–Crippen MR) is 112 cm³/mol. The molecule has 0 atom stereocenters. The summed E-state index contributed by atoms with van der Waals surface area (Å²) in [6.07, 6.45) is 1.79. The number of amides is 1. The van der Waals surface area contributed by atoms with Crippen LogP contribution in [0.2, 0.25) is 0 Å². The number of carbonyl (C=O) groups excluding carboxylic acids is 1. The molecule has 0 saturated heterocycles. The average molecular weight is 446 g/mol. The van der Waals surface area contributed by atoms with Gasteiger partial charge in [0.15, 0.2) is 5.16 Å². The number of halogens is 1. The molecule has 1 N–H and O–H groups in total. The molecule has 0 radical (unpaired) electrons. The van der Waals surface area contributed by atoms with Gasteiger partial charge in [0.25, 0.3) is 0 Å². The number of imidazole rings is 1. The molecule has 1 amide bonds. The number of H-pyrrole nitrogens is 1. The zero-order chi connectivity index (χ0) is 19.2. The average Bonchev–Trinajstić information content (AvgIpc) is 3.16. The van der Waals surface area contributed by atoms with E-state index in [4.69, 9.17) is 4.74 Å². The number of thioether (sulfide) groups is 1. The molecule has 0 aliphatic rings. The molecule has 0 spiro atoms. The van der Waals surface area contributed by atoms with E-state index in [2.05, 4.69) is 25.9 Å². The summed E-state index contributed by atoms with van der Waals surface area (Å²) < 4.78 is 6.38. The summed E-state index contributed by atoms with van der Waals surface area (Å²) in [7, 11) is 3.43. The monoisotopic (exact) mass is 445 g/mol. The Kier molecular flexibility index (Phi) is 6.58. The van der Waals surface area contributed by atoms with Crippen LogP contribution in [0.15, 0.2) is 64.4 Å². The van der Waals surface area contributed by atoms with Gasteiger partial charge in [0.05, 0.1) is 24.8 Å². The van der Waals surface area contributed by atoms with E-state index in [1.54, 1.807) is 25.3 Å². The van der Waals surface area contributed by atoms with Gasteiger partial charge in [-0.2, -0.15) is 0 Å². The van der Waals surface area contributed by atoms with Crippen molar-refractivity contribution in [2.24, 2.45) is 0 Å². The van der Waals surface area contributed by atoms with Crippen molar-refractivity contribution >= 4 is 33.6 Å². The van der Waals surface area contributed by atoms with Crippen LogP contribution < -0.4 is 4.74 Å². The first-order valence-electron chi connectivity index (χ1n) is 8.36. The van der Waals surface area contributed by atoms with Gasteiger partial charge in [0.2, 0.25) is 5.91 Å². The van der Waals surface area contributed by atoms with Crippen molar-refractivity contribution in [3.8, 4) is 17.0 Å². The number of nitrogens with zero attached hydrogens (tertiary/aromatic N) is 2. The molecule has 7 heteroatoms. The maximum absolute atomic E-state index is 12.5. The van der Waals surface area contributed by atoms with Gasteiger partial charge in [-0.1, -0.05) is 58.0 Å². The summed E-state index contributed by atoms with van der Waals surface area (Å²) in [5, 5.41) is 0.729. The Morgan fingerprint density at radius 1 is 1.22 bits per heavy atom. The molecule has 140 valence electrons. The summed E-state index contributed by atoms with van der Waals surface area (Å²) in [5.41, 5.74) is 2.97. The van der Waals surface area contributed by atoms with E-state index in [1.807, 2.05) is 48.5 Å². The Morgan fingerprint density at radius 3 is 2.70 bits per heavy atom. The highest BCUT2D eigenvalue weighted by Gasteiger charge is 2.13. The molecule has 27 heavy (non-hydrogen) atoms.